The van der Waals surface area contributed by atoms with E-state index in [-0.39, 0.29) is 6.42 Å². The van der Waals surface area contributed by atoms with Crippen molar-refractivity contribution in [3.8, 4) is 0 Å². The molecule has 0 fully saturated rings. The molecule has 0 aliphatic heterocycles. The molecule has 0 unspecified atom stereocenters. The summed E-state index contributed by atoms with van der Waals surface area (Å²) < 4.78 is 0. The van der Waals surface area contributed by atoms with E-state index in [2.05, 4.69) is 6.92 Å². The molecule has 0 aliphatic rings. The molecule has 1 N–H and O–H groups in total. The monoisotopic (exact) mass is 252 g/mol. The lowest BCUT2D eigenvalue weighted by molar-refractivity contribution is -0.136. The second kappa shape index (κ2) is 8.18. The Morgan fingerprint density at radius 3 is 2.59 bits per heavy atom. The molecule has 17 heavy (non-hydrogen) atoms. The minimum atomic E-state index is -0.756. The number of thioether (sulfide) groups is 1. The number of hydrogen-bond acceptors (Lipinski definition) is 2. The van der Waals surface area contributed by atoms with E-state index >= 15 is 0 Å². The zero-order chi connectivity index (χ0) is 12.5. The standard InChI is InChI=1S/C14H20O2S/c1-2-3-6-9-17-11-13-8-5-4-7-12(13)10-14(15)16/h4-5,7-8H,2-3,6,9-11H2,1H3,(H,15,16). The van der Waals surface area contributed by atoms with Crippen LogP contribution in [0.1, 0.15) is 37.3 Å². The normalized spacial score (nSPS) is 10.4. The van der Waals surface area contributed by atoms with Crippen LogP contribution < -0.4 is 0 Å². The van der Waals surface area contributed by atoms with Gasteiger partial charge in [0.1, 0.15) is 0 Å². The zero-order valence-electron chi connectivity index (χ0n) is 10.3. The molecule has 1 aromatic rings. The average molecular weight is 252 g/mol. The maximum absolute atomic E-state index is 10.7. The van der Waals surface area contributed by atoms with Crippen LogP contribution in [0.25, 0.3) is 0 Å². The smallest absolute Gasteiger partial charge is 0.307 e. The highest BCUT2D eigenvalue weighted by Gasteiger charge is 2.05. The Kier molecular flexibility index (Phi) is 6.78. The van der Waals surface area contributed by atoms with Gasteiger partial charge in [-0.05, 0) is 23.3 Å². The molecule has 94 valence electrons. The van der Waals surface area contributed by atoms with Gasteiger partial charge < -0.3 is 5.11 Å². The van der Waals surface area contributed by atoms with Gasteiger partial charge in [-0.15, -0.1) is 0 Å². The molecule has 0 aliphatic carbocycles. The summed E-state index contributed by atoms with van der Waals surface area (Å²) in [5, 5.41) is 8.83. The maximum Gasteiger partial charge on any atom is 0.307 e. The van der Waals surface area contributed by atoms with Crippen LogP contribution in [0.5, 0.6) is 0 Å². The predicted octanol–water partition coefficient (Wildman–Crippen LogP) is 3.74. The fourth-order valence-electron chi connectivity index (χ4n) is 1.67. The highest BCUT2D eigenvalue weighted by molar-refractivity contribution is 7.98. The molecule has 3 heteroatoms. The third kappa shape index (κ3) is 5.78. The van der Waals surface area contributed by atoms with E-state index in [0.717, 1.165) is 22.6 Å². The van der Waals surface area contributed by atoms with Gasteiger partial charge in [-0.1, -0.05) is 44.0 Å². The van der Waals surface area contributed by atoms with Gasteiger partial charge in [-0.2, -0.15) is 11.8 Å². The Labute approximate surface area is 107 Å². The fraction of sp³-hybridized carbons (Fsp3) is 0.500. The maximum atomic E-state index is 10.7. The molecule has 0 bridgehead atoms. The Bertz CT molecular complexity index is 350. The lowest BCUT2D eigenvalue weighted by Gasteiger charge is -2.07. The Hall–Kier alpha value is -0.960. The SMILES string of the molecule is CCCCCSCc1ccccc1CC(=O)O. The van der Waals surface area contributed by atoms with Gasteiger partial charge in [0.25, 0.3) is 0 Å². The number of hydrogen-bond donors (Lipinski definition) is 1. The number of unbranched alkanes of at least 4 members (excludes halogenated alkanes) is 2. The first-order chi connectivity index (χ1) is 8.24. The lowest BCUT2D eigenvalue weighted by Crippen LogP contribution is -2.03. The Balaban J connectivity index is 2.43. The minimum Gasteiger partial charge on any atom is -0.481 e. The molecular weight excluding hydrogens is 232 g/mol. The number of aliphatic carboxylic acids is 1. The van der Waals surface area contributed by atoms with Crippen LogP contribution in [0.3, 0.4) is 0 Å². The number of rotatable bonds is 8. The largest absolute Gasteiger partial charge is 0.481 e. The second-order valence-corrected chi connectivity index (χ2v) is 5.20. The summed E-state index contributed by atoms with van der Waals surface area (Å²) in [6, 6.07) is 7.83. The van der Waals surface area contributed by atoms with E-state index < -0.39 is 5.97 Å². The molecule has 0 heterocycles. The molecule has 0 amide bonds. The van der Waals surface area contributed by atoms with E-state index in [1.54, 1.807) is 0 Å². The molecule has 1 aromatic carbocycles. The van der Waals surface area contributed by atoms with Crippen LogP contribution in [0.4, 0.5) is 0 Å². The van der Waals surface area contributed by atoms with Gasteiger partial charge in [-0.25, -0.2) is 0 Å². The van der Waals surface area contributed by atoms with Gasteiger partial charge >= 0.3 is 5.97 Å². The van der Waals surface area contributed by atoms with Crippen molar-refractivity contribution in [1.29, 1.82) is 0 Å². The number of carbonyl (C=O) groups is 1. The highest BCUT2D eigenvalue weighted by Crippen LogP contribution is 2.18. The molecule has 0 spiro atoms. The van der Waals surface area contributed by atoms with E-state index in [9.17, 15) is 4.79 Å². The zero-order valence-corrected chi connectivity index (χ0v) is 11.1. The van der Waals surface area contributed by atoms with Crippen molar-refractivity contribution >= 4 is 17.7 Å². The molecular formula is C14H20O2S. The topological polar surface area (TPSA) is 37.3 Å². The van der Waals surface area contributed by atoms with Crippen molar-refractivity contribution in [3.63, 3.8) is 0 Å². The summed E-state index contributed by atoms with van der Waals surface area (Å²) in [5.41, 5.74) is 2.11. The van der Waals surface area contributed by atoms with Crippen molar-refractivity contribution in [2.75, 3.05) is 5.75 Å². The quantitative estimate of drug-likeness (QED) is 0.716. The van der Waals surface area contributed by atoms with Gasteiger partial charge in [0, 0.05) is 5.75 Å². The lowest BCUT2D eigenvalue weighted by atomic mass is 10.1. The van der Waals surface area contributed by atoms with Gasteiger partial charge in [0.05, 0.1) is 6.42 Å². The van der Waals surface area contributed by atoms with Crippen molar-refractivity contribution < 1.29 is 9.90 Å². The highest BCUT2D eigenvalue weighted by atomic mass is 32.2. The summed E-state index contributed by atoms with van der Waals surface area (Å²) in [6.07, 6.45) is 3.91. The molecule has 2 nitrogen and oxygen atoms in total. The number of benzene rings is 1. The predicted molar refractivity (Wildman–Crippen MR) is 73.5 cm³/mol. The van der Waals surface area contributed by atoms with Crippen LogP contribution in [-0.2, 0) is 17.0 Å². The summed E-state index contributed by atoms with van der Waals surface area (Å²) >= 11 is 1.89. The van der Waals surface area contributed by atoms with Crippen LogP contribution in [-0.4, -0.2) is 16.8 Å². The summed E-state index contributed by atoms with van der Waals surface area (Å²) in [5.74, 6) is 1.33. The minimum absolute atomic E-state index is 0.131. The average Bonchev–Trinajstić information content (AvgIpc) is 2.30. The Morgan fingerprint density at radius 1 is 1.24 bits per heavy atom. The van der Waals surface area contributed by atoms with Gasteiger partial charge in [0.2, 0.25) is 0 Å². The van der Waals surface area contributed by atoms with E-state index in [4.69, 9.17) is 5.11 Å². The van der Waals surface area contributed by atoms with Crippen LogP contribution in [0, 0.1) is 0 Å². The summed E-state index contributed by atoms with van der Waals surface area (Å²) in [6.45, 7) is 2.20. The van der Waals surface area contributed by atoms with Crippen molar-refractivity contribution in [2.45, 2.75) is 38.4 Å². The fourth-order valence-corrected chi connectivity index (χ4v) is 2.72. The van der Waals surface area contributed by atoms with Crippen molar-refractivity contribution in [1.82, 2.24) is 0 Å². The van der Waals surface area contributed by atoms with E-state index in [1.165, 1.54) is 19.3 Å². The third-order valence-corrected chi connectivity index (χ3v) is 3.70. The van der Waals surface area contributed by atoms with Crippen molar-refractivity contribution in [2.24, 2.45) is 0 Å². The third-order valence-electron chi connectivity index (χ3n) is 2.61. The number of carboxylic acids is 1. The molecule has 0 saturated carbocycles. The van der Waals surface area contributed by atoms with Gasteiger partial charge in [0.15, 0.2) is 0 Å². The van der Waals surface area contributed by atoms with Crippen molar-refractivity contribution in [3.05, 3.63) is 35.4 Å². The van der Waals surface area contributed by atoms with E-state index in [0.29, 0.717) is 0 Å². The molecule has 0 atom stereocenters. The first kappa shape index (κ1) is 14.1. The summed E-state index contributed by atoms with van der Waals surface area (Å²) in [7, 11) is 0. The van der Waals surface area contributed by atoms with Crippen LogP contribution >= 0.6 is 11.8 Å². The van der Waals surface area contributed by atoms with Crippen LogP contribution in [0.2, 0.25) is 0 Å². The first-order valence-corrected chi connectivity index (χ1v) is 7.25. The van der Waals surface area contributed by atoms with Gasteiger partial charge in [-0.3, -0.25) is 4.79 Å². The van der Waals surface area contributed by atoms with Crippen LogP contribution in [0.15, 0.2) is 24.3 Å². The molecule has 0 radical (unpaired) electrons. The first-order valence-electron chi connectivity index (χ1n) is 6.10. The second-order valence-electron chi connectivity index (χ2n) is 4.10. The molecule has 0 saturated heterocycles. The number of carboxylic acid groups (broad SMARTS) is 1. The van der Waals surface area contributed by atoms with E-state index in [1.807, 2.05) is 36.0 Å². The summed E-state index contributed by atoms with van der Waals surface area (Å²) in [4.78, 5) is 10.7. The molecule has 1 rings (SSSR count). The molecule has 0 aromatic heterocycles. The Morgan fingerprint density at radius 2 is 1.94 bits per heavy atom.